The summed E-state index contributed by atoms with van der Waals surface area (Å²) in [5.74, 6) is -0.114. The van der Waals surface area contributed by atoms with Crippen molar-refractivity contribution in [3.8, 4) is 0 Å². The minimum Gasteiger partial charge on any atom is -0.351 e. The SMILES string of the molecule is Cn1ccc2c(C(=O)N(C3CC3)n3c4c(cnc3=O)CCCC4)cccc21. The van der Waals surface area contributed by atoms with E-state index in [4.69, 9.17) is 0 Å². The van der Waals surface area contributed by atoms with Gasteiger partial charge in [0, 0.05) is 30.3 Å². The molecule has 0 bridgehead atoms. The van der Waals surface area contributed by atoms with Crippen LogP contribution in [-0.4, -0.2) is 26.2 Å². The molecular formula is C21H22N4O2. The van der Waals surface area contributed by atoms with E-state index in [0.717, 1.165) is 60.7 Å². The smallest absolute Gasteiger partial charge is 0.351 e. The number of rotatable bonds is 3. The maximum absolute atomic E-state index is 13.6. The largest absolute Gasteiger partial charge is 0.366 e. The maximum atomic E-state index is 13.6. The van der Waals surface area contributed by atoms with E-state index in [-0.39, 0.29) is 17.6 Å². The van der Waals surface area contributed by atoms with Crippen LogP contribution in [0.4, 0.5) is 0 Å². The molecule has 27 heavy (non-hydrogen) atoms. The molecular weight excluding hydrogens is 340 g/mol. The predicted octanol–water partition coefficient (Wildman–Crippen LogP) is 2.55. The molecule has 2 aromatic heterocycles. The lowest BCUT2D eigenvalue weighted by molar-refractivity contribution is 0.0953. The topological polar surface area (TPSA) is 60.1 Å². The molecule has 0 spiro atoms. The molecule has 0 radical (unpaired) electrons. The van der Waals surface area contributed by atoms with Gasteiger partial charge in [-0.2, -0.15) is 4.98 Å². The summed E-state index contributed by atoms with van der Waals surface area (Å²) in [6, 6.07) is 7.81. The van der Waals surface area contributed by atoms with Crippen LogP contribution in [0.25, 0.3) is 10.9 Å². The number of fused-ring (bicyclic) bond motifs is 2. The number of amides is 1. The van der Waals surface area contributed by atoms with Crippen LogP contribution in [0, 0.1) is 0 Å². The van der Waals surface area contributed by atoms with Gasteiger partial charge < -0.3 is 4.57 Å². The van der Waals surface area contributed by atoms with Crippen LogP contribution >= 0.6 is 0 Å². The van der Waals surface area contributed by atoms with Crippen molar-refractivity contribution in [2.24, 2.45) is 7.05 Å². The molecule has 1 amide bonds. The van der Waals surface area contributed by atoms with E-state index in [2.05, 4.69) is 4.98 Å². The van der Waals surface area contributed by atoms with Crippen molar-refractivity contribution in [2.45, 2.75) is 44.6 Å². The molecule has 0 N–H and O–H groups in total. The average molecular weight is 362 g/mol. The molecule has 6 heteroatoms. The number of hydrogen-bond donors (Lipinski definition) is 0. The van der Waals surface area contributed by atoms with Crippen LogP contribution in [0.15, 0.2) is 41.5 Å². The average Bonchev–Trinajstić information content (AvgIpc) is 3.46. The summed E-state index contributed by atoms with van der Waals surface area (Å²) in [6.45, 7) is 0. The second kappa shape index (κ2) is 6.08. The molecule has 2 aliphatic carbocycles. The first-order valence-corrected chi connectivity index (χ1v) is 9.63. The van der Waals surface area contributed by atoms with Crippen molar-refractivity contribution in [2.75, 3.05) is 5.01 Å². The van der Waals surface area contributed by atoms with Gasteiger partial charge in [0.2, 0.25) is 0 Å². The van der Waals surface area contributed by atoms with Crippen LogP contribution in [0.3, 0.4) is 0 Å². The van der Waals surface area contributed by atoms with Gasteiger partial charge in [0.05, 0.1) is 17.3 Å². The van der Waals surface area contributed by atoms with Crippen molar-refractivity contribution in [1.29, 1.82) is 0 Å². The molecule has 0 aliphatic heterocycles. The van der Waals surface area contributed by atoms with Gasteiger partial charge in [-0.25, -0.2) is 14.5 Å². The monoisotopic (exact) mass is 362 g/mol. The van der Waals surface area contributed by atoms with E-state index < -0.39 is 0 Å². The van der Waals surface area contributed by atoms with E-state index in [1.807, 2.05) is 42.1 Å². The van der Waals surface area contributed by atoms with Crippen molar-refractivity contribution in [3.63, 3.8) is 0 Å². The van der Waals surface area contributed by atoms with Crippen LogP contribution in [0.1, 0.15) is 47.3 Å². The van der Waals surface area contributed by atoms with E-state index in [1.54, 1.807) is 15.9 Å². The summed E-state index contributed by atoms with van der Waals surface area (Å²) in [7, 11) is 1.97. The van der Waals surface area contributed by atoms with Crippen molar-refractivity contribution >= 4 is 16.8 Å². The highest BCUT2D eigenvalue weighted by Crippen LogP contribution is 2.30. The Balaban J connectivity index is 1.68. The number of aromatic nitrogens is 3. The molecule has 1 fully saturated rings. The van der Waals surface area contributed by atoms with Crippen molar-refractivity contribution < 1.29 is 4.79 Å². The number of nitrogens with zero attached hydrogens (tertiary/aromatic N) is 4. The third-order valence-corrected chi connectivity index (χ3v) is 5.72. The minimum atomic E-state index is -0.351. The van der Waals surface area contributed by atoms with Gasteiger partial charge in [0.25, 0.3) is 5.91 Å². The molecule has 2 aliphatic rings. The van der Waals surface area contributed by atoms with Crippen LogP contribution in [0.5, 0.6) is 0 Å². The Morgan fingerprint density at radius 3 is 2.81 bits per heavy atom. The number of aryl methyl sites for hydroxylation is 2. The molecule has 5 rings (SSSR count). The van der Waals surface area contributed by atoms with Gasteiger partial charge in [-0.15, -0.1) is 0 Å². The normalized spacial score (nSPS) is 16.3. The fraction of sp³-hybridized carbons (Fsp3) is 0.381. The molecule has 1 saturated carbocycles. The Morgan fingerprint density at radius 2 is 2.00 bits per heavy atom. The molecule has 0 saturated heterocycles. The van der Waals surface area contributed by atoms with E-state index in [1.165, 1.54) is 0 Å². The zero-order valence-corrected chi connectivity index (χ0v) is 15.4. The number of carbonyl (C=O) groups excluding carboxylic acids is 1. The van der Waals surface area contributed by atoms with Gasteiger partial charge in [-0.05, 0) is 62.3 Å². The van der Waals surface area contributed by atoms with Crippen molar-refractivity contribution in [1.82, 2.24) is 14.2 Å². The first-order chi connectivity index (χ1) is 13.1. The number of benzene rings is 1. The fourth-order valence-electron chi connectivity index (χ4n) is 4.17. The molecule has 0 unspecified atom stereocenters. The zero-order valence-electron chi connectivity index (χ0n) is 15.4. The number of hydrogen-bond acceptors (Lipinski definition) is 3. The zero-order chi connectivity index (χ0) is 18.5. The lowest BCUT2D eigenvalue weighted by Gasteiger charge is -2.29. The molecule has 2 heterocycles. The van der Waals surface area contributed by atoms with Gasteiger partial charge in [-0.1, -0.05) is 6.07 Å². The molecule has 3 aromatic rings. The molecule has 0 atom stereocenters. The quantitative estimate of drug-likeness (QED) is 0.719. The summed E-state index contributed by atoms with van der Waals surface area (Å²) >= 11 is 0. The highest BCUT2D eigenvalue weighted by Gasteiger charge is 2.37. The van der Waals surface area contributed by atoms with Gasteiger partial charge >= 0.3 is 5.69 Å². The summed E-state index contributed by atoms with van der Waals surface area (Å²) in [6.07, 6.45) is 9.38. The van der Waals surface area contributed by atoms with E-state index in [9.17, 15) is 9.59 Å². The fourth-order valence-corrected chi connectivity index (χ4v) is 4.17. The summed E-state index contributed by atoms with van der Waals surface area (Å²) < 4.78 is 3.59. The lowest BCUT2D eigenvalue weighted by atomic mass is 9.97. The van der Waals surface area contributed by atoms with Crippen LogP contribution < -0.4 is 10.7 Å². The Bertz CT molecular complexity index is 1110. The van der Waals surface area contributed by atoms with Crippen LogP contribution in [0.2, 0.25) is 0 Å². The molecule has 6 nitrogen and oxygen atoms in total. The lowest BCUT2D eigenvalue weighted by Crippen LogP contribution is -2.50. The summed E-state index contributed by atoms with van der Waals surface area (Å²) in [5.41, 5.74) is 3.35. The highest BCUT2D eigenvalue weighted by atomic mass is 16.2. The van der Waals surface area contributed by atoms with Gasteiger partial charge in [0.1, 0.15) is 0 Å². The second-order valence-electron chi connectivity index (χ2n) is 7.58. The summed E-state index contributed by atoms with van der Waals surface area (Å²) in [5, 5.41) is 2.60. The van der Waals surface area contributed by atoms with Crippen molar-refractivity contribution in [3.05, 3.63) is 64.0 Å². The number of carbonyl (C=O) groups is 1. The third-order valence-electron chi connectivity index (χ3n) is 5.72. The maximum Gasteiger partial charge on any atom is 0.366 e. The first kappa shape index (κ1) is 16.3. The summed E-state index contributed by atoms with van der Waals surface area (Å²) in [4.78, 5) is 30.4. The third kappa shape index (κ3) is 2.59. The minimum absolute atomic E-state index is 0.0735. The van der Waals surface area contributed by atoms with Crippen LogP contribution in [-0.2, 0) is 19.9 Å². The van der Waals surface area contributed by atoms with E-state index >= 15 is 0 Å². The Morgan fingerprint density at radius 1 is 1.19 bits per heavy atom. The molecule has 1 aromatic carbocycles. The first-order valence-electron chi connectivity index (χ1n) is 9.63. The standard InChI is InChI=1S/C21H22N4O2/c1-23-12-11-16-17(6-4-8-19(16)23)20(26)24(15-9-10-15)25-18-7-3-2-5-14(18)13-22-21(25)27/h4,6,8,11-13,15H,2-3,5,7,9-10H2,1H3. The highest BCUT2D eigenvalue weighted by molar-refractivity contribution is 6.11. The van der Waals surface area contributed by atoms with E-state index in [0.29, 0.717) is 5.56 Å². The predicted molar refractivity (Wildman–Crippen MR) is 104 cm³/mol. The molecule has 138 valence electrons. The Kier molecular flexibility index (Phi) is 3.67. The Hall–Kier alpha value is -2.89. The van der Waals surface area contributed by atoms with Gasteiger partial charge in [-0.3, -0.25) is 4.79 Å². The second-order valence-corrected chi connectivity index (χ2v) is 7.58. The Labute approximate surface area is 157 Å². The van der Waals surface area contributed by atoms with Gasteiger partial charge in [0.15, 0.2) is 0 Å².